The highest BCUT2D eigenvalue weighted by Gasteiger charge is 2.18. The van der Waals surface area contributed by atoms with Gasteiger partial charge in [-0.25, -0.2) is 0 Å². The second-order valence-corrected chi connectivity index (χ2v) is 5.48. The first-order chi connectivity index (χ1) is 9.33. The van der Waals surface area contributed by atoms with Crippen LogP contribution >= 0.6 is 0 Å². The molecular weight excluding hydrogens is 230 g/mol. The number of nitrogens with one attached hydrogen (secondary N) is 1. The third kappa shape index (κ3) is 2.87. The summed E-state index contributed by atoms with van der Waals surface area (Å²) in [6.07, 6.45) is 3.49. The summed E-state index contributed by atoms with van der Waals surface area (Å²) in [4.78, 5) is 0. The van der Waals surface area contributed by atoms with Gasteiger partial charge in [0.25, 0.3) is 0 Å². The van der Waals surface area contributed by atoms with E-state index in [1.165, 1.54) is 28.7 Å². The average molecular weight is 251 g/mol. The molecule has 2 aromatic rings. The summed E-state index contributed by atoms with van der Waals surface area (Å²) in [6.45, 7) is 3.25. The summed E-state index contributed by atoms with van der Waals surface area (Å²) in [6, 6.07) is 18.3. The van der Waals surface area contributed by atoms with Gasteiger partial charge in [-0.1, -0.05) is 54.1 Å². The minimum atomic E-state index is 0.520. The molecule has 1 heterocycles. The molecule has 0 bridgehead atoms. The van der Waals surface area contributed by atoms with Crippen LogP contribution in [0.2, 0.25) is 0 Å². The van der Waals surface area contributed by atoms with Crippen molar-refractivity contribution in [1.82, 2.24) is 5.32 Å². The third-order valence-corrected chi connectivity index (χ3v) is 4.06. The fraction of sp³-hybridized carbons (Fsp3) is 0.333. The molecule has 3 rings (SSSR count). The molecule has 0 aromatic heterocycles. The zero-order valence-corrected chi connectivity index (χ0v) is 11.5. The second kappa shape index (κ2) is 5.58. The molecule has 19 heavy (non-hydrogen) atoms. The maximum Gasteiger partial charge on any atom is 0.0326 e. The number of fused-ring (bicyclic) bond motifs is 1. The van der Waals surface area contributed by atoms with Gasteiger partial charge in [-0.3, -0.25) is 0 Å². The highest BCUT2D eigenvalue weighted by Crippen LogP contribution is 2.26. The van der Waals surface area contributed by atoms with Gasteiger partial charge in [0, 0.05) is 6.04 Å². The zero-order valence-electron chi connectivity index (χ0n) is 11.5. The number of rotatable bonds is 3. The van der Waals surface area contributed by atoms with Gasteiger partial charge < -0.3 is 5.32 Å². The molecule has 0 aliphatic carbocycles. The Morgan fingerprint density at radius 3 is 2.68 bits per heavy atom. The highest BCUT2D eigenvalue weighted by molar-refractivity contribution is 5.32. The Hall–Kier alpha value is -1.60. The van der Waals surface area contributed by atoms with E-state index < -0.39 is 0 Å². The number of hydrogen-bond donors (Lipinski definition) is 1. The van der Waals surface area contributed by atoms with Gasteiger partial charge in [0.2, 0.25) is 0 Å². The molecule has 1 N–H and O–H groups in total. The predicted molar refractivity (Wildman–Crippen MR) is 80.4 cm³/mol. The van der Waals surface area contributed by atoms with Gasteiger partial charge in [0.15, 0.2) is 0 Å². The normalized spacial score (nSPS) is 18.1. The monoisotopic (exact) mass is 251 g/mol. The van der Waals surface area contributed by atoms with Gasteiger partial charge in [0.1, 0.15) is 0 Å². The Labute approximate surface area is 115 Å². The van der Waals surface area contributed by atoms with Crippen molar-refractivity contribution in [3.63, 3.8) is 0 Å². The van der Waals surface area contributed by atoms with Crippen LogP contribution in [0.1, 0.15) is 34.7 Å². The van der Waals surface area contributed by atoms with Gasteiger partial charge in [-0.15, -0.1) is 0 Å². The quantitative estimate of drug-likeness (QED) is 0.874. The molecule has 1 nitrogen and oxygen atoms in total. The maximum absolute atomic E-state index is 3.66. The van der Waals surface area contributed by atoms with Crippen molar-refractivity contribution in [2.75, 3.05) is 6.54 Å². The van der Waals surface area contributed by atoms with E-state index in [0.29, 0.717) is 6.04 Å². The standard InChI is InChI=1S/C18H21N/c1-14-6-8-15(9-7-14)10-11-18-17-5-3-2-4-16(17)12-13-19-18/h2-9,18-19H,10-13H2,1H3. The van der Waals surface area contributed by atoms with E-state index in [0.717, 1.165) is 19.4 Å². The molecule has 1 atom stereocenters. The van der Waals surface area contributed by atoms with Crippen LogP contribution in [0.4, 0.5) is 0 Å². The van der Waals surface area contributed by atoms with Gasteiger partial charge in [-0.05, 0) is 49.4 Å². The molecule has 98 valence electrons. The lowest BCUT2D eigenvalue weighted by Crippen LogP contribution is -2.30. The van der Waals surface area contributed by atoms with Crippen LogP contribution in [-0.4, -0.2) is 6.54 Å². The summed E-state index contributed by atoms with van der Waals surface area (Å²) < 4.78 is 0. The fourth-order valence-electron chi connectivity index (χ4n) is 2.92. The van der Waals surface area contributed by atoms with Gasteiger partial charge in [0.05, 0.1) is 0 Å². The number of benzene rings is 2. The number of hydrogen-bond acceptors (Lipinski definition) is 1. The topological polar surface area (TPSA) is 12.0 Å². The maximum atomic E-state index is 3.66. The van der Waals surface area contributed by atoms with Crippen molar-refractivity contribution in [3.8, 4) is 0 Å². The zero-order chi connectivity index (χ0) is 13.1. The first kappa shape index (κ1) is 12.4. The largest absolute Gasteiger partial charge is 0.310 e. The molecule has 1 unspecified atom stereocenters. The molecule has 0 spiro atoms. The van der Waals surface area contributed by atoms with Crippen LogP contribution in [0.3, 0.4) is 0 Å². The first-order valence-electron chi connectivity index (χ1n) is 7.19. The molecule has 1 aliphatic rings. The number of aryl methyl sites for hydroxylation is 2. The Kier molecular flexibility index (Phi) is 3.65. The van der Waals surface area contributed by atoms with Crippen molar-refractivity contribution in [2.45, 2.75) is 32.2 Å². The summed E-state index contributed by atoms with van der Waals surface area (Å²) in [5.41, 5.74) is 5.80. The van der Waals surface area contributed by atoms with Crippen molar-refractivity contribution >= 4 is 0 Å². The van der Waals surface area contributed by atoms with Crippen LogP contribution in [0.15, 0.2) is 48.5 Å². The van der Waals surface area contributed by atoms with Crippen LogP contribution < -0.4 is 5.32 Å². The van der Waals surface area contributed by atoms with Gasteiger partial charge in [-0.2, -0.15) is 0 Å². The SMILES string of the molecule is Cc1ccc(CCC2NCCc3ccccc32)cc1. The Bertz CT molecular complexity index is 542. The van der Waals surface area contributed by atoms with E-state index in [-0.39, 0.29) is 0 Å². The lowest BCUT2D eigenvalue weighted by molar-refractivity contribution is 0.475. The third-order valence-electron chi connectivity index (χ3n) is 4.06. The Morgan fingerprint density at radius 1 is 1.05 bits per heavy atom. The molecule has 0 radical (unpaired) electrons. The lowest BCUT2D eigenvalue weighted by atomic mass is 9.90. The minimum Gasteiger partial charge on any atom is -0.310 e. The Morgan fingerprint density at radius 2 is 1.84 bits per heavy atom. The summed E-state index contributed by atoms with van der Waals surface area (Å²) in [5.74, 6) is 0. The smallest absolute Gasteiger partial charge is 0.0326 e. The summed E-state index contributed by atoms with van der Waals surface area (Å²) >= 11 is 0. The summed E-state index contributed by atoms with van der Waals surface area (Å²) in [7, 11) is 0. The average Bonchev–Trinajstić information content (AvgIpc) is 2.47. The van der Waals surface area contributed by atoms with E-state index in [1.807, 2.05) is 0 Å². The van der Waals surface area contributed by atoms with Gasteiger partial charge >= 0.3 is 0 Å². The lowest BCUT2D eigenvalue weighted by Gasteiger charge is -2.27. The molecule has 0 saturated heterocycles. The fourth-order valence-corrected chi connectivity index (χ4v) is 2.92. The van der Waals surface area contributed by atoms with E-state index in [1.54, 1.807) is 0 Å². The molecule has 2 aromatic carbocycles. The molecule has 0 amide bonds. The molecular formula is C18H21N. The van der Waals surface area contributed by atoms with Crippen molar-refractivity contribution in [1.29, 1.82) is 0 Å². The minimum absolute atomic E-state index is 0.520. The molecule has 1 heteroatoms. The second-order valence-electron chi connectivity index (χ2n) is 5.48. The summed E-state index contributed by atoms with van der Waals surface area (Å²) in [5, 5.41) is 3.66. The Balaban J connectivity index is 1.69. The molecule has 1 aliphatic heterocycles. The van der Waals surface area contributed by atoms with Crippen LogP contribution in [0.25, 0.3) is 0 Å². The van der Waals surface area contributed by atoms with Crippen molar-refractivity contribution < 1.29 is 0 Å². The van der Waals surface area contributed by atoms with E-state index in [9.17, 15) is 0 Å². The van der Waals surface area contributed by atoms with Crippen LogP contribution in [-0.2, 0) is 12.8 Å². The van der Waals surface area contributed by atoms with Crippen LogP contribution in [0.5, 0.6) is 0 Å². The van der Waals surface area contributed by atoms with E-state index >= 15 is 0 Å². The predicted octanol–water partition coefficient (Wildman–Crippen LogP) is 3.81. The molecule has 0 fully saturated rings. The molecule has 0 saturated carbocycles. The highest BCUT2D eigenvalue weighted by atomic mass is 14.9. The van der Waals surface area contributed by atoms with Crippen LogP contribution in [0, 0.1) is 6.92 Å². The van der Waals surface area contributed by atoms with Crippen molar-refractivity contribution in [3.05, 3.63) is 70.8 Å². The van der Waals surface area contributed by atoms with E-state index in [2.05, 4.69) is 60.8 Å². The van der Waals surface area contributed by atoms with Crippen molar-refractivity contribution in [2.24, 2.45) is 0 Å². The van der Waals surface area contributed by atoms with E-state index in [4.69, 9.17) is 0 Å². The first-order valence-corrected chi connectivity index (χ1v) is 7.19.